The van der Waals surface area contributed by atoms with Gasteiger partial charge in [-0.1, -0.05) is 12.1 Å². The molecule has 2 nitrogen and oxygen atoms in total. The summed E-state index contributed by atoms with van der Waals surface area (Å²) in [6.07, 6.45) is 0. The Balaban J connectivity index is 2.91. The van der Waals surface area contributed by atoms with E-state index >= 15 is 0 Å². The summed E-state index contributed by atoms with van der Waals surface area (Å²) in [6, 6.07) is 5.72. The molecule has 16 heavy (non-hydrogen) atoms. The molecule has 0 aliphatic carbocycles. The summed E-state index contributed by atoms with van der Waals surface area (Å²) in [6.45, 7) is 1.56. The Bertz CT molecular complexity index is 392. The second-order valence-electron chi connectivity index (χ2n) is 3.24. The molecule has 0 radical (unpaired) electrons. The van der Waals surface area contributed by atoms with Crippen LogP contribution >= 0.6 is 11.8 Å². The maximum atomic E-state index is 12.1. The number of hydrogen-bond donors (Lipinski definition) is 1. The van der Waals surface area contributed by atoms with E-state index in [0.717, 1.165) is 0 Å². The van der Waals surface area contributed by atoms with Gasteiger partial charge in [0.25, 0.3) is 0 Å². The molecule has 0 spiro atoms. The molecule has 1 aromatic rings. The van der Waals surface area contributed by atoms with Gasteiger partial charge in [-0.2, -0.15) is 13.2 Å². The van der Waals surface area contributed by atoms with Gasteiger partial charge in [-0.05, 0) is 36.4 Å². The van der Waals surface area contributed by atoms with E-state index in [-0.39, 0.29) is 16.7 Å². The van der Waals surface area contributed by atoms with Gasteiger partial charge in [-0.15, -0.1) is 0 Å². The van der Waals surface area contributed by atoms with Gasteiger partial charge in [0.15, 0.2) is 0 Å². The summed E-state index contributed by atoms with van der Waals surface area (Å²) in [5.74, 6) is -1.15. The maximum Gasteiger partial charge on any atom is 0.446 e. The quantitative estimate of drug-likeness (QED) is 0.837. The summed E-state index contributed by atoms with van der Waals surface area (Å²) < 4.78 is 36.3. The Morgan fingerprint density at radius 2 is 2.06 bits per heavy atom. The first-order chi connectivity index (χ1) is 7.29. The van der Waals surface area contributed by atoms with Crippen molar-refractivity contribution in [3.05, 3.63) is 29.8 Å². The number of alkyl halides is 3. The minimum absolute atomic E-state index is 0.0538. The van der Waals surface area contributed by atoms with Crippen molar-refractivity contribution in [3.63, 3.8) is 0 Å². The molecule has 1 rings (SSSR count). The van der Waals surface area contributed by atoms with Crippen LogP contribution in [-0.4, -0.2) is 11.4 Å². The summed E-state index contributed by atoms with van der Waals surface area (Å²) in [7, 11) is 0. The third kappa shape index (κ3) is 3.77. The Morgan fingerprint density at radius 1 is 1.44 bits per heavy atom. The molecule has 1 aromatic carbocycles. The molecule has 0 bridgehead atoms. The number of carbonyl (C=O) groups is 1. The van der Waals surface area contributed by atoms with Crippen LogP contribution in [0.1, 0.15) is 18.4 Å². The molecule has 0 saturated heterocycles. The predicted molar refractivity (Wildman–Crippen MR) is 56.0 cm³/mol. The van der Waals surface area contributed by atoms with E-state index in [1.165, 1.54) is 18.2 Å². The van der Waals surface area contributed by atoms with E-state index in [1.807, 2.05) is 0 Å². The predicted octanol–water partition coefficient (Wildman–Crippen LogP) is 2.89. The minimum atomic E-state index is -4.32. The highest BCUT2D eigenvalue weighted by Gasteiger charge is 2.29. The molecule has 2 N–H and O–H groups in total. The smallest absolute Gasteiger partial charge is 0.369 e. The number of primary amides is 1. The lowest BCUT2D eigenvalue weighted by Crippen LogP contribution is -2.18. The highest BCUT2D eigenvalue weighted by molar-refractivity contribution is 8.00. The first kappa shape index (κ1) is 12.9. The number of nitrogens with two attached hydrogens (primary N) is 1. The first-order valence-electron chi connectivity index (χ1n) is 4.44. The van der Waals surface area contributed by atoms with Gasteiger partial charge in [-0.3, -0.25) is 4.79 Å². The molecular formula is C10H10F3NOS. The fourth-order valence-corrected chi connectivity index (χ4v) is 1.75. The minimum Gasteiger partial charge on any atom is -0.369 e. The van der Waals surface area contributed by atoms with Crippen LogP contribution < -0.4 is 5.73 Å². The second-order valence-corrected chi connectivity index (χ2v) is 4.38. The van der Waals surface area contributed by atoms with Gasteiger partial charge in [-0.25, -0.2) is 0 Å². The van der Waals surface area contributed by atoms with Gasteiger partial charge in [0, 0.05) is 4.90 Å². The molecule has 1 amide bonds. The average Bonchev–Trinajstić information content (AvgIpc) is 2.14. The topological polar surface area (TPSA) is 43.1 Å². The fourth-order valence-electron chi connectivity index (χ4n) is 1.15. The number of carbonyl (C=O) groups excluding carboxylic acids is 1. The second kappa shape index (κ2) is 4.78. The monoisotopic (exact) mass is 249 g/mol. The Hall–Kier alpha value is -1.17. The van der Waals surface area contributed by atoms with Crippen LogP contribution in [0.25, 0.3) is 0 Å². The fraction of sp³-hybridized carbons (Fsp3) is 0.300. The van der Waals surface area contributed by atoms with Crippen LogP contribution in [0, 0.1) is 0 Å². The number of halogens is 3. The van der Waals surface area contributed by atoms with Crippen molar-refractivity contribution in [2.24, 2.45) is 5.73 Å². The number of thioether (sulfide) groups is 1. The molecule has 0 aliphatic heterocycles. The summed E-state index contributed by atoms with van der Waals surface area (Å²) in [5.41, 5.74) is 1.24. The van der Waals surface area contributed by atoms with Crippen LogP contribution in [-0.2, 0) is 4.79 Å². The molecule has 1 unspecified atom stereocenters. The average molecular weight is 249 g/mol. The highest BCUT2D eigenvalue weighted by Crippen LogP contribution is 2.37. The largest absolute Gasteiger partial charge is 0.446 e. The van der Waals surface area contributed by atoms with Crippen molar-refractivity contribution >= 4 is 17.7 Å². The van der Waals surface area contributed by atoms with Crippen LogP contribution in [0.15, 0.2) is 29.2 Å². The normalized spacial score (nSPS) is 13.5. The molecule has 0 heterocycles. The molecule has 1 atom stereocenters. The maximum absolute atomic E-state index is 12.1. The van der Waals surface area contributed by atoms with E-state index in [9.17, 15) is 18.0 Å². The van der Waals surface area contributed by atoms with Gasteiger partial charge in [0.05, 0.1) is 5.92 Å². The first-order valence-corrected chi connectivity index (χ1v) is 5.26. The lowest BCUT2D eigenvalue weighted by Gasteiger charge is -2.10. The van der Waals surface area contributed by atoms with E-state index < -0.39 is 17.3 Å². The summed E-state index contributed by atoms with van der Waals surface area (Å²) >= 11 is -0.208. The molecule has 0 saturated carbocycles. The molecule has 0 fully saturated rings. The van der Waals surface area contributed by atoms with Crippen molar-refractivity contribution in [3.8, 4) is 0 Å². The standard InChI is InChI=1S/C10H10F3NOS/c1-6(9(14)15)7-3-2-4-8(5-7)16-10(11,12)13/h2-6H,1H3,(H2,14,15). The highest BCUT2D eigenvalue weighted by atomic mass is 32.2. The molecule has 0 aliphatic rings. The SMILES string of the molecule is CC(C(N)=O)c1cccc(SC(F)(F)F)c1. The van der Waals surface area contributed by atoms with E-state index in [0.29, 0.717) is 5.56 Å². The summed E-state index contributed by atoms with van der Waals surface area (Å²) in [5, 5.41) is 0. The molecule has 6 heteroatoms. The third-order valence-corrected chi connectivity index (χ3v) is 2.74. The van der Waals surface area contributed by atoms with Crippen LogP contribution in [0.3, 0.4) is 0 Å². The van der Waals surface area contributed by atoms with Crippen molar-refractivity contribution < 1.29 is 18.0 Å². The zero-order valence-electron chi connectivity index (χ0n) is 8.41. The van der Waals surface area contributed by atoms with Crippen molar-refractivity contribution in [2.45, 2.75) is 23.2 Å². The van der Waals surface area contributed by atoms with Crippen molar-refractivity contribution in [2.75, 3.05) is 0 Å². The molecule has 0 aromatic heterocycles. The zero-order valence-corrected chi connectivity index (χ0v) is 9.23. The Labute approximate surface area is 95.0 Å². The Kier molecular flexibility index (Phi) is 3.85. The van der Waals surface area contributed by atoms with Gasteiger partial charge < -0.3 is 5.73 Å². The lowest BCUT2D eigenvalue weighted by molar-refractivity contribution is -0.119. The van der Waals surface area contributed by atoms with Crippen LogP contribution in [0.4, 0.5) is 13.2 Å². The number of rotatable bonds is 3. The number of amides is 1. The Morgan fingerprint density at radius 3 is 2.56 bits per heavy atom. The molecule has 88 valence electrons. The number of hydrogen-bond acceptors (Lipinski definition) is 2. The van der Waals surface area contributed by atoms with E-state index in [2.05, 4.69) is 0 Å². The van der Waals surface area contributed by atoms with Gasteiger partial charge >= 0.3 is 5.51 Å². The third-order valence-electron chi connectivity index (χ3n) is 2.02. The lowest BCUT2D eigenvalue weighted by atomic mass is 10.0. The summed E-state index contributed by atoms with van der Waals surface area (Å²) in [4.78, 5) is 10.9. The van der Waals surface area contributed by atoms with E-state index in [4.69, 9.17) is 5.73 Å². The molecular weight excluding hydrogens is 239 g/mol. The van der Waals surface area contributed by atoms with Crippen molar-refractivity contribution in [1.29, 1.82) is 0 Å². The van der Waals surface area contributed by atoms with Crippen molar-refractivity contribution in [1.82, 2.24) is 0 Å². The van der Waals surface area contributed by atoms with Crippen LogP contribution in [0.2, 0.25) is 0 Å². The van der Waals surface area contributed by atoms with E-state index in [1.54, 1.807) is 13.0 Å². The van der Waals surface area contributed by atoms with Gasteiger partial charge in [0.2, 0.25) is 5.91 Å². The van der Waals surface area contributed by atoms with Crippen LogP contribution in [0.5, 0.6) is 0 Å². The number of benzene rings is 1. The zero-order chi connectivity index (χ0) is 12.3. The van der Waals surface area contributed by atoms with Gasteiger partial charge in [0.1, 0.15) is 0 Å².